The van der Waals surface area contributed by atoms with E-state index in [4.69, 9.17) is 10.5 Å². The fourth-order valence-corrected chi connectivity index (χ4v) is 2.76. The third-order valence-electron chi connectivity index (χ3n) is 3.79. The standard InChI is InChI=1S/C13H18FNO2/c1-17-12-7-10(14)11(16)6-9(12)13(8-15)4-2-3-5-13/h6-7,16H,2-5,8,15H2,1H3. The molecule has 94 valence electrons. The number of hydrogen-bond donors (Lipinski definition) is 2. The smallest absolute Gasteiger partial charge is 0.168 e. The van der Waals surface area contributed by atoms with Gasteiger partial charge < -0.3 is 15.6 Å². The Morgan fingerprint density at radius 3 is 2.59 bits per heavy atom. The van der Waals surface area contributed by atoms with Crippen molar-refractivity contribution in [3.8, 4) is 11.5 Å². The highest BCUT2D eigenvalue weighted by Crippen LogP contribution is 2.45. The Morgan fingerprint density at radius 2 is 2.06 bits per heavy atom. The normalized spacial score (nSPS) is 18.3. The summed E-state index contributed by atoms with van der Waals surface area (Å²) < 4.78 is 18.5. The Hall–Kier alpha value is -1.29. The van der Waals surface area contributed by atoms with Gasteiger partial charge in [0.15, 0.2) is 11.6 Å². The van der Waals surface area contributed by atoms with Gasteiger partial charge in [-0.1, -0.05) is 12.8 Å². The van der Waals surface area contributed by atoms with Crippen LogP contribution in [0.4, 0.5) is 4.39 Å². The summed E-state index contributed by atoms with van der Waals surface area (Å²) in [6.07, 6.45) is 4.15. The summed E-state index contributed by atoms with van der Waals surface area (Å²) in [4.78, 5) is 0. The van der Waals surface area contributed by atoms with Crippen LogP contribution in [0.3, 0.4) is 0 Å². The van der Waals surface area contributed by atoms with Crippen LogP contribution in [0, 0.1) is 5.82 Å². The molecule has 2 rings (SSSR count). The van der Waals surface area contributed by atoms with Gasteiger partial charge in [0.05, 0.1) is 7.11 Å². The first-order valence-electron chi connectivity index (χ1n) is 5.90. The van der Waals surface area contributed by atoms with Crippen molar-refractivity contribution in [3.05, 3.63) is 23.5 Å². The van der Waals surface area contributed by atoms with Gasteiger partial charge in [-0.25, -0.2) is 4.39 Å². The molecule has 0 amide bonds. The minimum atomic E-state index is -0.657. The predicted molar refractivity (Wildman–Crippen MR) is 63.8 cm³/mol. The number of rotatable bonds is 3. The summed E-state index contributed by atoms with van der Waals surface area (Å²) in [7, 11) is 1.51. The average molecular weight is 239 g/mol. The Morgan fingerprint density at radius 1 is 1.41 bits per heavy atom. The van der Waals surface area contributed by atoms with Gasteiger partial charge in [-0.2, -0.15) is 0 Å². The maximum Gasteiger partial charge on any atom is 0.168 e. The molecule has 0 bridgehead atoms. The van der Waals surface area contributed by atoms with Crippen LogP contribution in [0.25, 0.3) is 0 Å². The van der Waals surface area contributed by atoms with Crippen LogP contribution in [0.15, 0.2) is 12.1 Å². The van der Waals surface area contributed by atoms with Crippen molar-refractivity contribution >= 4 is 0 Å². The van der Waals surface area contributed by atoms with Crippen LogP contribution in [0.1, 0.15) is 31.2 Å². The third-order valence-corrected chi connectivity index (χ3v) is 3.79. The molecule has 1 aromatic rings. The molecule has 1 fully saturated rings. The van der Waals surface area contributed by atoms with E-state index in [1.807, 2.05) is 0 Å². The molecule has 0 spiro atoms. The zero-order chi connectivity index (χ0) is 12.5. The van der Waals surface area contributed by atoms with Crippen molar-refractivity contribution in [2.24, 2.45) is 5.73 Å². The summed E-state index contributed by atoms with van der Waals surface area (Å²) in [6.45, 7) is 0.494. The maximum absolute atomic E-state index is 13.3. The largest absolute Gasteiger partial charge is 0.505 e. The van der Waals surface area contributed by atoms with Gasteiger partial charge in [0, 0.05) is 23.6 Å². The highest BCUT2D eigenvalue weighted by atomic mass is 19.1. The molecule has 1 saturated carbocycles. The first kappa shape index (κ1) is 12.2. The summed E-state index contributed by atoms with van der Waals surface area (Å²) in [5, 5.41) is 9.52. The van der Waals surface area contributed by atoms with E-state index in [1.165, 1.54) is 19.2 Å². The Balaban J connectivity index is 2.52. The van der Waals surface area contributed by atoms with Crippen molar-refractivity contribution in [2.75, 3.05) is 13.7 Å². The van der Waals surface area contributed by atoms with E-state index in [9.17, 15) is 9.50 Å². The third kappa shape index (κ3) is 1.97. The first-order valence-corrected chi connectivity index (χ1v) is 5.90. The van der Waals surface area contributed by atoms with Crippen molar-refractivity contribution in [1.82, 2.24) is 0 Å². The van der Waals surface area contributed by atoms with Crippen molar-refractivity contribution in [1.29, 1.82) is 0 Å². The second-order valence-electron chi connectivity index (χ2n) is 4.70. The Bertz CT molecular complexity index is 414. The summed E-state index contributed by atoms with van der Waals surface area (Å²) in [5.74, 6) is -0.510. The van der Waals surface area contributed by atoms with Crippen LogP contribution < -0.4 is 10.5 Å². The zero-order valence-electron chi connectivity index (χ0n) is 10.0. The fourth-order valence-electron chi connectivity index (χ4n) is 2.76. The number of ether oxygens (including phenoxy) is 1. The lowest BCUT2D eigenvalue weighted by molar-refractivity contribution is 0.365. The van der Waals surface area contributed by atoms with E-state index in [2.05, 4.69) is 0 Å². The van der Waals surface area contributed by atoms with Gasteiger partial charge in [0.1, 0.15) is 5.75 Å². The van der Waals surface area contributed by atoms with Gasteiger partial charge in [0.25, 0.3) is 0 Å². The van der Waals surface area contributed by atoms with Crippen molar-refractivity contribution < 1.29 is 14.2 Å². The van der Waals surface area contributed by atoms with E-state index >= 15 is 0 Å². The average Bonchev–Trinajstić information content (AvgIpc) is 2.82. The Labute approximate surface area is 100 Å². The lowest BCUT2D eigenvalue weighted by Gasteiger charge is -2.29. The molecule has 4 heteroatoms. The molecular formula is C13H18FNO2. The molecular weight excluding hydrogens is 221 g/mol. The second-order valence-corrected chi connectivity index (χ2v) is 4.70. The van der Waals surface area contributed by atoms with E-state index < -0.39 is 5.82 Å². The number of aromatic hydroxyl groups is 1. The second kappa shape index (κ2) is 4.53. The molecule has 0 atom stereocenters. The summed E-state index contributed by atoms with van der Waals surface area (Å²) >= 11 is 0. The van der Waals surface area contributed by atoms with E-state index in [1.54, 1.807) is 0 Å². The summed E-state index contributed by atoms with van der Waals surface area (Å²) in [6, 6.07) is 2.70. The molecule has 1 aliphatic rings. The molecule has 1 aliphatic carbocycles. The number of hydrogen-bond acceptors (Lipinski definition) is 3. The number of phenols is 1. The predicted octanol–water partition coefficient (Wildman–Crippen LogP) is 2.31. The van der Waals surface area contributed by atoms with Gasteiger partial charge >= 0.3 is 0 Å². The molecule has 0 unspecified atom stereocenters. The maximum atomic E-state index is 13.3. The molecule has 0 heterocycles. The number of phenolic OH excluding ortho intramolecular Hbond substituents is 1. The zero-order valence-corrected chi connectivity index (χ0v) is 10.0. The Kier molecular flexibility index (Phi) is 3.24. The quantitative estimate of drug-likeness (QED) is 0.851. The van der Waals surface area contributed by atoms with Crippen molar-refractivity contribution in [2.45, 2.75) is 31.1 Å². The fraction of sp³-hybridized carbons (Fsp3) is 0.538. The molecule has 1 aromatic carbocycles. The molecule has 0 radical (unpaired) electrons. The molecule has 3 N–H and O–H groups in total. The van der Waals surface area contributed by atoms with E-state index in [-0.39, 0.29) is 11.2 Å². The van der Waals surface area contributed by atoms with E-state index in [0.29, 0.717) is 12.3 Å². The van der Waals surface area contributed by atoms with Crippen LogP contribution in [0.2, 0.25) is 0 Å². The SMILES string of the molecule is COc1cc(F)c(O)cc1C1(CN)CCCC1. The first-order chi connectivity index (χ1) is 8.13. The number of nitrogens with two attached hydrogens (primary N) is 1. The van der Waals surface area contributed by atoms with Crippen molar-refractivity contribution in [3.63, 3.8) is 0 Å². The highest BCUT2D eigenvalue weighted by Gasteiger charge is 2.37. The molecule has 0 saturated heterocycles. The molecule has 0 aliphatic heterocycles. The number of halogens is 1. The minimum absolute atomic E-state index is 0.170. The lowest BCUT2D eigenvalue weighted by Crippen LogP contribution is -2.32. The highest BCUT2D eigenvalue weighted by molar-refractivity contribution is 5.46. The van der Waals surface area contributed by atoms with Gasteiger partial charge in [0.2, 0.25) is 0 Å². The summed E-state index contributed by atoms with van der Waals surface area (Å²) in [5.41, 5.74) is 6.54. The van der Waals surface area contributed by atoms with Gasteiger partial charge in [-0.15, -0.1) is 0 Å². The van der Waals surface area contributed by atoms with Gasteiger partial charge in [-0.3, -0.25) is 0 Å². The van der Waals surface area contributed by atoms with Crippen LogP contribution in [-0.2, 0) is 5.41 Å². The van der Waals surface area contributed by atoms with E-state index in [0.717, 1.165) is 31.2 Å². The van der Waals surface area contributed by atoms with Crippen LogP contribution in [-0.4, -0.2) is 18.8 Å². The number of methoxy groups -OCH3 is 1. The molecule has 3 nitrogen and oxygen atoms in total. The van der Waals surface area contributed by atoms with Crippen LogP contribution in [0.5, 0.6) is 11.5 Å². The minimum Gasteiger partial charge on any atom is -0.505 e. The topological polar surface area (TPSA) is 55.5 Å². The number of benzene rings is 1. The van der Waals surface area contributed by atoms with Gasteiger partial charge in [-0.05, 0) is 18.9 Å². The molecule has 17 heavy (non-hydrogen) atoms. The molecule has 0 aromatic heterocycles. The van der Waals surface area contributed by atoms with Crippen LogP contribution >= 0.6 is 0 Å². The monoisotopic (exact) mass is 239 g/mol. The lowest BCUT2D eigenvalue weighted by atomic mass is 9.78.